The summed E-state index contributed by atoms with van der Waals surface area (Å²) in [5.41, 5.74) is 4.98. The second kappa shape index (κ2) is 7.89. The zero-order chi connectivity index (χ0) is 20.6. The number of alkyl halides is 3. The lowest BCUT2D eigenvalue weighted by Gasteiger charge is -2.35. The summed E-state index contributed by atoms with van der Waals surface area (Å²) in [6, 6.07) is 2.86. The maximum Gasteiger partial charge on any atom is 0.435 e. The summed E-state index contributed by atoms with van der Waals surface area (Å²) in [4.78, 5) is 19.5. The van der Waals surface area contributed by atoms with Crippen LogP contribution in [-0.2, 0) is 11.0 Å². The van der Waals surface area contributed by atoms with Crippen molar-refractivity contribution in [3.63, 3.8) is 0 Å². The van der Waals surface area contributed by atoms with E-state index in [1.165, 1.54) is 12.3 Å². The van der Waals surface area contributed by atoms with Gasteiger partial charge in [-0.05, 0) is 56.2 Å². The zero-order valence-electron chi connectivity index (χ0n) is 16.6. The van der Waals surface area contributed by atoms with Gasteiger partial charge in [-0.15, -0.1) is 0 Å². The number of hydrogen-bond acceptors (Lipinski definition) is 4. The van der Waals surface area contributed by atoms with Crippen LogP contribution in [0.5, 0.6) is 0 Å². The first-order valence-corrected chi connectivity index (χ1v) is 9.88. The van der Waals surface area contributed by atoms with Gasteiger partial charge in [-0.25, -0.2) is 4.98 Å². The summed E-state index contributed by atoms with van der Waals surface area (Å²) in [7, 11) is 1.93. The molecule has 1 aromatic rings. The quantitative estimate of drug-likeness (QED) is 0.800. The lowest BCUT2D eigenvalue weighted by molar-refractivity contribution is -0.140. The Balaban J connectivity index is 1.78. The molecule has 1 amide bonds. The van der Waals surface area contributed by atoms with E-state index < -0.39 is 11.9 Å². The molecule has 0 bridgehead atoms. The van der Waals surface area contributed by atoms with Crippen LogP contribution in [0.4, 0.5) is 18.9 Å². The molecule has 0 spiro atoms. The largest absolute Gasteiger partial charge is 0.435 e. The van der Waals surface area contributed by atoms with E-state index in [1.807, 2.05) is 11.9 Å². The van der Waals surface area contributed by atoms with Crippen LogP contribution < -0.4 is 10.6 Å². The third kappa shape index (κ3) is 4.11. The molecule has 0 radical (unpaired) electrons. The summed E-state index contributed by atoms with van der Waals surface area (Å²) in [6.45, 7) is 5.25. The Kier molecular flexibility index (Phi) is 5.89. The summed E-state index contributed by atoms with van der Waals surface area (Å²) < 4.78 is 40.1. The summed E-state index contributed by atoms with van der Waals surface area (Å²) >= 11 is 0. The number of primary amides is 1. The molecule has 1 aliphatic carbocycles. The van der Waals surface area contributed by atoms with Crippen LogP contribution in [0.25, 0.3) is 0 Å². The van der Waals surface area contributed by atoms with Crippen molar-refractivity contribution in [3.05, 3.63) is 24.0 Å². The standard InChI is InChI=1S/C20H29F3N4O/c1-12(2)9-17(19(24)28)26(3)15-7-6-13-10-27(11-14(13)15)16-5-4-8-25-18(16)20(21,22)23/h4-5,8,12-15,17H,6-7,9-11H2,1-3H3,(H2,24,28)/t13-,14+,15+,17+/m1/s1. The Labute approximate surface area is 164 Å². The number of rotatable bonds is 6. The number of carbonyl (C=O) groups is 1. The Bertz CT molecular complexity index is 709. The van der Waals surface area contributed by atoms with Crippen molar-refractivity contribution < 1.29 is 18.0 Å². The Morgan fingerprint density at radius 1 is 1.36 bits per heavy atom. The molecule has 2 aliphatic rings. The van der Waals surface area contributed by atoms with E-state index in [1.54, 1.807) is 6.07 Å². The Morgan fingerprint density at radius 3 is 2.68 bits per heavy atom. The molecule has 3 rings (SSSR count). The highest BCUT2D eigenvalue weighted by molar-refractivity contribution is 5.79. The number of likely N-dealkylation sites (N-methyl/N-ethyl adjacent to an activating group) is 1. The summed E-state index contributed by atoms with van der Waals surface area (Å²) in [5.74, 6) is 0.546. The minimum absolute atomic E-state index is 0.150. The molecule has 28 heavy (non-hydrogen) atoms. The number of aromatic nitrogens is 1. The van der Waals surface area contributed by atoms with Gasteiger partial charge < -0.3 is 10.6 Å². The van der Waals surface area contributed by atoms with E-state index >= 15 is 0 Å². The average Bonchev–Trinajstić information content (AvgIpc) is 3.18. The van der Waals surface area contributed by atoms with Crippen LogP contribution in [0.3, 0.4) is 0 Å². The smallest absolute Gasteiger partial charge is 0.369 e. The number of nitrogens with two attached hydrogens (primary N) is 1. The number of nitrogens with zero attached hydrogens (tertiary/aromatic N) is 3. The van der Waals surface area contributed by atoms with Gasteiger partial charge in [0.1, 0.15) is 0 Å². The van der Waals surface area contributed by atoms with Gasteiger partial charge >= 0.3 is 6.18 Å². The van der Waals surface area contributed by atoms with E-state index in [2.05, 4.69) is 23.7 Å². The predicted molar refractivity (Wildman–Crippen MR) is 102 cm³/mol. The SMILES string of the molecule is CC(C)C[C@@H](C(N)=O)N(C)[C@H]1CC[C@@H]2CN(c3cccnc3C(F)(F)F)C[C@@H]21. The Hall–Kier alpha value is -1.83. The van der Waals surface area contributed by atoms with Gasteiger partial charge in [0, 0.05) is 25.3 Å². The Morgan fingerprint density at radius 2 is 2.07 bits per heavy atom. The third-order valence-electron chi connectivity index (χ3n) is 6.25. The molecular weight excluding hydrogens is 369 g/mol. The molecular formula is C20H29F3N4O. The van der Waals surface area contributed by atoms with Gasteiger partial charge in [0.2, 0.25) is 5.91 Å². The number of fused-ring (bicyclic) bond motifs is 1. The van der Waals surface area contributed by atoms with E-state index in [-0.39, 0.29) is 29.6 Å². The summed E-state index contributed by atoms with van der Waals surface area (Å²) in [6.07, 6.45) is -0.710. The molecule has 0 unspecified atom stereocenters. The predicted octanol–water partition coefficient (Wildman–Crippen LogP) is 3.15. The lowest BCUT2D eigenvalue weighted by atomic mass is 9.94. The lowest BCUT2D eigenvalue weighted by Crippen LogP contribution is -2.50. The van der Waals surface area contributed by atoms with Crippen LogP contribution in [0.2, 0.25) is 0 Å². The first-order valence-electron chi connectivity index (χ1n) is 9.88. The second-order valence-electron chi connectivity index (χ2n) is 8.56. The van der Waals surface area contributed by atoms with Crippen molar-refractivity contribution in [1.29, 1.82) is 0 Å². The van der Waals surface area contributed by atoms with Crippen LogP contribution >= 0.6 is 0 Å². The molecule has 2 fully saturated rings. The monoisotopic (exact) mass is 398 g/mol. The van der Waals surface area contributed by atoms with Gasteiger partial charge in [0.25, 0.3) is 0 Å². The molecule has 2 N–H and O–H groups in total. The van der Waals surface area contributed by atoms with Gasteiger partial charge in [-0.1, -0.05) is 13.8 Å². The van der Waals surface area contributed by atoms with Gasteiger partial charge in [-0.3, -0.25) is 9.69 Å². The van der Waals surface area contributed by atoms with Crippen molar-refractivity contribution >= 4 is 11.6 Å². The van der Waals surface area contributed by atoms with E-state index in [4.69, 9.17) is 5.73 Å². The fourth-order valence-corrected chi connectivity index (χ4v) is 4.97. The maximum atomic E-state index is 13.4. The fourth-order valence-electron chi connectivity index (χ4n) is 4.97. The van der Waals surface area contributed by atoms with Crippen molar-refractivity contribution in [2.45, 2.75) is 51.4 Å². The van der Waals surface area contributed by atoms with Gasteiger partial charge in [-0.2, -0.15) is 13.2 Å². The van der Waals surface area contributed by atoms with Gasteiger partial charge in [0.15, 0.2) is 5.69 Å². The van der Waals surface area contributed by atoms with Crippen molar-refractivity contribution in [1.82, 2.24) is 9.88 Å². The zero-order valence-corrected chi connectivity index (χ0v) is 16.6. The first kappa shape index (κ1) is 20.9. The van der Waals surface area contributed by atoms with Crippen LogP contribution in [0.15, 0.2) is 18.3 Å². The molecule has 2 heterocycles. The van der Waals surface area contributed by atoms with E-state index in [9.17, 15) is 18.0 Å². The topological polar surface area (TPSA) is 62.5 Å². The van der Waals surface area contributed by atoms with Crippen molar-refractivity contribution in [2.24, 2.45) is 23.5 Å². The molecule has 8 heteroatoms. The van der Waals surface area contributed by atoms with Gasteiger partial charge in [0.05, 0.1) is 11.7 Å². The fraction of sp³-hybridized carbons (Fsp3) is 0.700. The normalized spacial score (nSPS) is 26.1. The van der Waals surface area contributed by atoms with Crippen LogP contribution in [-0.4, -0.2) is 48.0 Å². The van der Waals surface area contributed by atoms with Crippen molar-refractivity contribution in [3.8, 4) is 0 Å². The second-order valence-corrected chi connectivity index (χ2v) is 8.56. The number of pyridine rings is 1. The third-order valence-corrected chi connectivity index (χ3v) is 6.25. The maximum absolute atomic E-state index is 13.4. The molecule has 1 saturated carbocycles. The van der Waals surface area contributed by atoms with E-state index in [0.717, 1.165) is 12.8 Å². The minimum Gasteiger partial charge on any atom is -0.369 e. The van der Waals surface area contributed by atoms with Crippen LogP contribution in [0, 0.1) is 17.8 Å². The number of halogens is 3. The number of hydrogen-bond donors (Lipinski definition) is 1. The molecule has 156 valence electrons. The number of carbonyl (C=O) groups excluding carboxylic acids is 1. The van der Waals surface area contributed by atoms with Crippen LogP contribution in [0.1, 0.15) is 38.8 Å². The van der Waals surface area contributed by atoms with E-state index in [0.29, 0.717) is 31.3 Å². The molecule has 1 aromatic heterocycles. The van der Waals surface area contributed by atoms with Crippen molar-refractivity contribution in [2.75, 3.05) is 25.0 Å². The molecule has 1 aliphatic heterocycles. The molecule has 0 aromatic carbocycles. The molecule has 1 saturated heterocycles. The average molecular weight is 398 g/mol. The molecule has 4 atom stereocenters. The number of anilines is 1. The summed E-state index contributed by atoms with van der Waals surface area (Å²) in [5, 5.41) is 0. The minimum atomic E-state index is -4.47. The highest BCUT2D eigenvalue weighted by atomic mass is 19.4. The number of amides is 1. The highest BCUT2D eigenvalue weighted by Gasteiger charge is 2.47. The highest BCUT2D eigenvalue weighted by Crippen LogP contribution is 2.44. The molecule has 5 nitrogen and oxygen atoms in total. The first-order chi connectivity index (χ1) is 13.1.